The number of nitrogens with one attached hydrogen (secondary N) is 2. The molecule has 5 rings (SSSR count). The molecular weight excluding hydrogens is 426 g/mol. The molecule has 1 aliphatic rings. The van der Waals surface area contributed by atoms with Gasteiger partial charge < -0.3 is 15.2 Å². The number of benzene rings is 2. The van der Waals surface area contributed by atoms with Gasteiger partial charge in [-0.1, -0.05) is 55.7 Å². The van der Waals surface area contributed by atoms with Gasteiger partial charge in [-0.15, -0.1) is 6.58 Å². The molecule has 172 valence electrons. The van der Waals surface area contributed by atoms with Crippen LogP contribution < -0.4 is 10.6 Å². The normalized spacial score (nSPS) is 14.2. The Balaban J connectivity index is 1.75. The second kappa shape index (κ2) is 9.47. The first kappa shape index (κ1) is 21.8. The molecule has 1 fully saturated rings. The van der Waals surface area contributed by atoms with E-state index in [0.717, 1.165) is 31.2 Å². The highest BCUT2D eigenvalue weighted by molar-refractivity contribution is 6.15. The summed E-state index contributed by atoms with van der Waals surface area (Å²) in [5, 5.41) is 5.92. The monoisotopic (exact) mass is 453 g/mol. The van der Waals surface area contributed by atoms with Crippen molar-refractivity contribution in [1.29, 1.82) is 0 Å². The quantitative estimate of drug-likeness (QED) is 0.390. The molecule has 0 saturated heterocycles. The predicted molar refractivity (Wildman–Crippen MR) is 134 cm³/mol. The van der Waals surface area contributed by atoms with E-state index in [1.165, 1.54) is 6.42 Å². The van der Waals surface area contributed by atoms with Gasteiger partial charge in [0.25, 0.3) is 11.8 Å². The van der Waals surface area contributed by atoms with E-state index in [2.05, 4.69) is 17.2 Å². The highest BCUT2D eigenvalue weighted by Crippen LogP contribution is 2.38. The number of carbonyl (C=O) groups excluding carboxylic acids is 2. The maximum Gasteiger partial charge on any atom is 0.257 e. The Morgan fingerprint density at radius 2 is 1.62 bits per heavy atom. The largest absolute Gasteiger partial charge is 0.348 e. The van der Waals surface area contributed by atoms with Crippen LogP contribution in [0.1, 0.15) is 58.9 Å². The van der Waals surface area contributed by atoms with Crippen molar-refractivity contribution in [2.45, 2.75) is 38.1 Å². The van der Waals surface area contributed by atoms with Gasteiger partial charge in [-0.2, -0.15) is 0 Å². The zero-order valence-electron chi connectivity index (χ0n) is 19.0. The molecule has 34 heavy (non-hydrogen) atoms. The fourth-order valence-corrected chi connectivity index (χ4v) is 4.72. The summed E-state index contributed by atoms with van der Waals surface area (Å²) in [6.07, 6.45) is 6.91. The van der Waals surface area contributed by atoms with Crippen molar-refractivity contribution in [3.63, 3.8) is 0 Å². The van der Waals surface area contributed by atoms with Gasteiger partial charge in [0.05, 0.1) is 11.0 Å². The molecule has 2 N–H and O–H groups in total. The molecule has 0 radical (unpaired) electrons. The molecule has 0 atom stereocenters. The molecule has 1 aliphatic carbocycles. The molecule has 7 heteroatoms. The predicted octanol–water partition coefficient (Wildman–Crippen LogP) is 5.26. The average molecular weight is 454 g/mol. The molecule has 2 amide bonds. The summed E-state index contributed by atoms with van der Waals surface area (Å²) >= 11 is 0. The van der Waals surface area contributed by atoms with Gasteiger partial charge in [-0.05, 0) is 37.1 Å². The van der Waals surface area contributed by atoms with Crippen LogP contribution in [0.5, 0.6) is 0 Å². The number of fused-ring (bicyclic) bond motifs is 2. The molecule has 0 spiro atoms. The van der Waals surface area contributed by atoms with E-state index >= 15 is 0 Å². The van der Waals surface area contributed by atoms with E-state index in [0.29, 0.717) is 40.2 Å². The molecule has 2 aromatic heterocycles. The summed E-state index contributed by atoms with van der Waals surface area (Å²) in [7, 11) is 0. The van der Waals surface area contributed by atoms with Gasteiger partial charge in [-0.25, -0.2) is 9.97 Å². The Kier molecular flexibility index (Phi) is 6.08. The molecule has 2 aromatic carbocycles. The summed E-state index contributed by atoms with van der Waals surface area (Å²) in [6, 6.07) is 16.8. The average Bonchev–Trinajstić information content (AvgIpc) is 3.19. The zero-order valence-corrected chi connectivity index (χ0v) is 19.0. The first-order valence-electron chi connectivity index (χ1n) is 11.7. The van der Waals surface area contributed by atoms with Crippen molar-refractivity contribution >= 4 is 39.8 Å². The lowest BCUT2D eigenvalue weighted by Crippen LogP contribution is -2.26. The molecule has 2 heterocycles. The third kappa shape index (κ3) is 4.05. The van der Waals surface area contributed by atoms with Gasteiger partial charge in [-0.3, -0.25) is 9.59 Å². The molecular formula is C27H27N5O2. The fraction of sp³-hybridized carbons (Fsp3) is 0.259. The number of para-hydroxylation sites is 2. The van der Waals surface area contributed by atoms with Crippen molar-refractivity contribution in [1.82, 2.24) is 19.9 Å². The van der Waals surface area contributed by atoms with E-state index in [1.54, 1.807) is 18.2 Å². The first-order chi connectivity index (χ1) is 16.7. The third-order valence-corrected chi connectivity index (χ3v) is 6.34. The Morgan fingerprint density at radius 3 is 2.32 bits per heavy atom. The second-order valence-electron chi connectivity index (χ2n) is 8.59. The summed E-state index contributed by atoms with van der Waals surface area (Å²) in [6.45, 7) is 4.01. The minimum absolute atomic E-state index is 0.124. The number of nitrogens with zero attached hydrogens (tertiary/aromatic N) is 3. The second-order valence-corrected chi connectivity index (χ2v) is 8.59. The van der Waals surface area contributed by atoms with Crippen LogP contribution in [0.25, 0.3) is 22.2 Å². The van der Waals surface area contributed by atoms with E-state index in [9.17, 15) is 9.59 Å². The van der Waals surface area contributed by atoms with Gasteiger partial charge in [0.1, 0.15) is 16.9 Å². The van der Waals surface area contributed by atoms with Crippen LogP contribution in [-0.4, -0.2) is 32.9 Å². The minimum atomic E-state index is -0.313. The van der Waals surface area contributed by atoms with Gasteiger partial charge in [0.15, 0.2) is 5.65 Å². The van der Waals surface area contributed by atoms with Gasteiger partial charge >= 0.3 is 0 Å². The van der Waals surface area contributed by atoms with Crippen molar-refractivity contribution in [3.05, 3.63) is 78.4 Å². The molecule has 0 bridgehead atoms. The van der Waals surface area contributed by atoms with E-state index in [1.807, 2.05) is 47.0 Å². The SMILES string of the molecule is C=CCNC(=O)c1c(NC(=O)c2ccccc2)n(C2CCCCC2)c2nc3ccccc3nc12. The Bertz CT molecular complexity index is 1370. The van der Waals surface area contributed by atoms with Crippen molar-refractivity contribution in [2.75, 3.05) is 11.9 Å². The van der Waals surface area contributed by atoms with Crippen LogP contribution >= 0.6 is 0 Å². The molecule has 7 nitrogen and oxygen atoms in total. The smallest absolute Gasteiger partial charge is 0.257 e. The molecule has 0 unspecified atom stereocenters. The van der Waals surface area contributed by atoms with Crippen LogP contribution in [0.4, 0.5) is 5.82 Å². The lowest BCUT2D eigenvalue weighted by atomic mass is 9.95. The van der Waals surface area contributed by atoms with Crippen molar-refractivity contribution in [3.8, 4) is 0 Å². The van der Waals surface area contributed by atoms with Crippen molar-refractivity contribution < 1.29 is 9.59 Å². The number of rotatable bonds is 6. The Labute approximate surface area is 197 Å². The number of hydrogen-bond donors (Lipinski definition) is 2. The Morgan fingerprint density at radius 1 is 0.941 bits per heavy atom. The van der Waals surface area contributed by atoms with Gasteiger partial charge in [0, 0.05) is 18.2 Å². The number of anilines is 1. The van der Waals surface area contributed by atoms with Crippen molar-refractivity contribution in [2.24, 2.45) is 0 Å². The minimum Gasteiger partial charge on any atom is -0.348 e. The topological polar surface area (TPSA) is 88.9 Å². The lowest BCUT2D eigenvalue weighted by molar-refractivity contribution is 0.0960. The molecule has 0 aliphatic heterocycles. The van der Waals surface area contributed by atoms with Crippen LogP contribution in [0.15, 0.2) is 67.3 Å². The van der Waals surface area contributed by atoms with Crippen LogP contribution in [0.2, 0.25) is 0 Å². The highest BCUT2D eigenvalue weighted by Gasteiger charge is 2.30. The fourth-order valence-electron chi connectivity index (χ4n) is 4.72. The maximum atomic E-state index is 13.4. The van der Waals surface area contributed by atoms with Gasteiger partial charge in [0.2, 0.25) is 0 Å². The number of amides is 2. The summed E-state index contributed by atoms with van der Waals surface area (Å²) < 4.78 is 2.04. The van der Waals surface area contributed by atoms with E-state index in [-0.39, 0.29) is 17.9 Å². The number of aromatic nitrogens is 3. The van der Waals surface area contributed by atoms with Crippen LogP contribution in [-0.2, 0) is 0 Å². The highest BCUT2D eigenvalue weighted by atomic mass is 16.2. The summed E-state index contributed by atoms with van der Waals surface area (Å²) in [4.78, 5) is 36.4. The molecule has 1 saturated carbocycles. The van der Waals surface area contributed by atoms with Crippen LogP contribution in [0, 0.1) is 0 Å². The third-order valence-electron chi connectivity index (χ3n) is 6.34. The lowest BCUT2D eigenvalue weighted by Gasteiger charge is -2.26. The molecule has 4 aromatic rings. The van der Waals surface area contributed by atoms with Crippen LogP contribution in [0.3, 0.4) is 0 Å². The maximum absolute atomic E-state index is 13.4. The standard InChI is InChI=1S/C27H27N5O2/c1-2-17-28-27(34)22-23-25(30-21-16-10-9-15-20(21)29-23)32(19-13-7-4-8-14-19)24(22)31-26(33)18-11-5-3-6-12-18/h2-3,5-6,9-12,15-16,19H,1,4,7-8,13-14,17H2,(H,28,34)(H,31,33). The number of hydrogen-bond acceptors (Lipinski definition) is 4. The number of carbonyl (C=O) groups is 2. The van der Waals surface area contributed by atoms with E-state index < -0.39 is 0 Å². The Hall–Kier alpha value is -4.00. The zero-order chi connectivity index (χ0) is 23.5. The summed E-state index contributed by atoms with van der Waals surface area (Å²) in [5.74, 6) is -0.136. The summed E-state index contributed by atoms with van der Waals surface area (Å²) in [5.41, 5.74) is 3.43. The van der Waals surface area contributed by atoms with E-state index in [4.69, 9.17) is 9.97 Å². The first-order valence-corrected chi connectivity index (χ1v) is 11.7.